The predicted molar refractivity (Wildman–Crippen MR) is 119 cm³/mol. The van der Waals surface area contributed by atoms with Crippen LogP contribution < -0.4 is 0 Å². The van der Waals surface area contributed by atoms with Crippen molar-refractivity contribution in [2.24, 2.45) is 0 Å². The van der Waals surface area contributed by atoms with Crippen LogP contribution in [0.25, 0.3) is 0 Å². The van der Waals surface area contributed by atoms with Crippen LogP contribution >= 0.6 is 0 Å². The lowest BCUT2D eigenvalue weighted by Gasteiger charge is -2.04. The Morgan fingerprint density at radius 1 is 0.630 bits per heavy atom. The molecule has 0 bridgehead atoms. The Morgan fingerprint density at radius 3 is 1.44 bits per heavy atom. The fraction of sp³-hybridized carbons (Fsp3) is 0.880. The van der Waals surface area contributed by atoms with Crippen LogP contribution in [0.1, 0.15) is 136 Å². The first-order valence-corrected chi connectivity index (χ1v) is 12.1. The third kappa shape index (κ3) is 19.8. The normalized spacial score (nSPS) is 11.7. The van der Waals surface area contributed by atoms with Crippen LogP contribution in [-0.4, -0.2) is 12.6 Å². The Kier molecular flexibility index (Phi) is 20.9. The molecule has 0 aromatic rings. The minimum absolute atomic E-state index is 0.145. The van der Waals surface area contributed by atoms with Crippen LogP contribution in [0.4, 0.5) is 0 Å². The van der Waals surface area contributed by atoms with Crippen molar-refractivity contribution in [3.05, 3.63) is 11.6 Å². The van der Waals surface area contributed by atoms with Crippen molar-refractivity contribution in [3.8, 4) is 0 Å². The molecule has 0 aliphatic rings. The Morgan fingerprint density at radius 2 is 1.04 bits per heavy atom. The molecule has 0 radical (unpaired) electrons. The lowest BCUT2D eigenvalue weighted by Crippen LogP contribution is -2.06. The van der Waals surface area contributed by atoms with Gasteiger partial charge in [0.15, 0.2) is 0 Å². The molecule has 0 N–H and O–H groups in total. The number of ether oxygens (including phenoxy) is 1. The van der Waals surface area contributed by atoms with Crippen molar-refractivity contribution in [1.82, 2.24) is 0 Å². The minimum Gasteiger partial charge on any atom is -0.462 e. The number of hydrogen-bond acceptors (Lipinski definition) is 2. The summed E-state index contributed by atoms with van der Waals surface area (Å²) in [7, 11) is 0. The molecule has 27 heavy (non-hydrogen) atoms. The van der Waals surface area contributed by atoms with Crippen LogP contribution in [0.15, 0.2) is 11.6 Å². The topological polar surface area (TPSA) is 26.3 Å². The average Bonchev–Trinajstić information content (AvgIpc) is 2.68. The summed E-state index contributed by atoms with van der Waals surface area (Å²) in [5, 5.41) is 0. The molecule has 0 spiro atoms. The van der Waals surface area contributed by atoms with Gasteiger partial charge in [-0.2, -0.15) is 0 Å². The molecule has 0 unspecified atom stereocenters. The third-order valence-corrected chi connectivity index (χ3v) is 5.27. The number of carbonyl (C=O) groups is 1. The SMILES string of the molecule is CCCCCCCCCCCCCCCCCCC=C(C)C(=O)OCCC. The summed E-state index contributed by atoms with van der Waals surface area (Å²) in [5.41, 5.74) is 0.768. The van der Waals surface area contributed by atoms with Gasteiger partial charge in [0, 0.05) is 5.57 Å². The summed E-state index contributed by atoms with van der Waals surface area (Å²) < 4.78 is 5.13. The zero-order valence-corrected chi connectivity index (χ0v) is 18.8. The summed E-state index contributed by atoms with van der Waals surface area (Å²) in [6.07, 6.45) is 26.3. The third-order valence-electron chi connectivity index (χ3n) is 5.27. The van der Waals surface area contributed by atoms with Gasteiger partial charge in [-0.05, 0) is 26.2 Å². The van der Waals surface area contributed by atoms with Gasteiger partial charge in [-0.15, -0.1) is 0 Å². The summed E-state index contributed by atoms with van der Waals surface area (Å²) in [6.45, 7) is 6.70. The molecule has 160 valence electrons. The van der Waals surface area contributed by atoms with E-state index in [4.69, 9.17) is 4.74 Å². The number of unbranched alkanes of at least 4 members (excludes halogenated alkanes) is 16. The molecule has 0 aromatic heterocycles. The first kappa shape index (κ1) is 26.2. The number of esters is 1. The second kappa shape index (κ2) is 21.5. The van der Waals surface area contributed by atoms with Crippen molar-refractivity contribution in [2.45, 2.75) is 136 Å². The van der Waals surface area contributed by atoms with Gasteiger partial charge in [-0.1, -0.05) is 116 Å². The van der Waals surface area contributed by atoms with E-state index in [1.165, 1.54) is 103 Å². The van der Waals surface area contributed by atoms with Crippen molar-refractivity contribution < 1.29 is 9.53 Å². The molecule has 0 saturated carbocycles. The van der Waals surface area contributed by atoms with Crippen molar-refractivity contribution in [2.75, 3.05) is 6.61 Å². The van der Waals surface area contributed by atoms with Crippen LogP contribution in [0.3, 0.4) is 0 Å². The van der Waals surface area contributed by atoms with Crippen molar-refractivity contribution in [1.29, 1.82) is 0 Å². The predicted octanol–water partition coefficient (Wildman–Crippen LogP) is 8.54. The lowest BCUT2D eigenvalue weighted by molar-refractivity contribution is -0.139. The molecule has 0 atom stereocenters. The summed E-state index contributed by atoms with van der Waals surface area (Å²) in [5.74, 6) is -0.145. The smallest absolute Gasteiger partial charge is 0.333 e. The Hall–Kier alpha value is -0.790. The highest BCUT2D eigenvalue weighted by Gasteiger charge is 2.03. The van der Waals surface area contributed by atoms with Gasteiger partial charge >= 0.3 is 5.97 Å². The van der Waals surface area contributed by atoms with E-state index in [2.05, 4.69) is 6.92 Å². The highest BCUT2D eigenvalue weighted by molar-refractivity contribution is 5.87. The molecule has 0 aliphatic carbocycles. The Bertz CT molecular complexity index is 346. The fourth-order valence-electron chi connectivity index (χ4n) is 3.40. The van der Waals surface area contributed by atoms with Gasteiger partial charge < -0.3 is 4.74 Å². The van der Waals surface area contributed by atoms with E-state index in [1.807, 2.05) is 19.9 Å². The first-order chi connectivity index (χ1) is 13.2. The quantitative estimate of drug-likeness (QED) is 0.120. The van der Waals surface area contributed by atoms with Gasteiger partial charge in [-0.3, -0.25) is 0 Å². The molecule has 0 aromatic carbocycles. The zero-order valence-electron chi connectivity index (χ0n) is 18.8. The number of rotatable bonds is 20. The van der Waals surface area contributed by atoms with Crippen LogP contribution in [0.5, 0.6) is 0 Å². The molecular weight excluding hydrogens is 332 g/mol. The maximum Gasteiger partial charge on any atom is 0.333 e. The van der Waals surface area contributed by atoms with Crippen molar-refractivity contribution in [3.63, 3.8) is 0 Å². The van der Waals surface area contributed by atoms with E-state index in [9.17, 15) is 4.79 Å². The monoisotopic (exact) mass is 380 g/mol. The molecule has 0 aliphatic heterocycles. The maximum atomic E-state index is 11.6. The van der Waals surface area contributed by atoms with Gasteiger partial charge in [0.1, 0.15) is 0 Å². The average molecular weight is 381 g/mol. The van der Waals surface area contributed by atoms with Crippen molar-refractivity contribution >= 4 is 5.97 Å². The summed E-state index contributed by atoms with van der Waals surface area (Å²) in [4.78, 5) is 11.6. The molecule has 0 fully saturated rings. The maximum absolute atomic E-state index is 11.6. The number of hydrogen-bond donors (Lipinski definition) is 0. The van der Waals surface area contributed by atoms with Crippen LogP contribution in [-0.2, 0) is 9.53 Å². The highest BCUT2D eigenvalue weighted by Crippen LogP contribution is 2.14. The standard InChI is InChI=1S/C25H48O2/c1-4-6-7-8-9-10-11-12-13-14-15-16-17-18-19-20-21-22-24(3)25(26)27-23-5-2/h22H,4-21,23H2,1-3H3. The van der Waals surface area contributed by atoms with E-state index >= 15 is 0 Å². The molecule has 0 saturated heterocycles. The van der Waals surface area contributed by atoms with E-state index in [0.29, 0.717) is 6.61 Å². The largest absolute Gasteiger partial charge is 0.462 e. The minimum atomic E-state index is -0.145. The Labute approximate surface area is 170 Å². The Balaban J connectivity index is 3.24. The second-order valence-corrected chi connectivity index (χ2v) is 8.12. The van der Waals surface area contributed by atoms with Gasteiger partial charge in [0.05, 0.1) is 6.61 Å². The van der Waals surface area contributed by atoms with Crippen LogP contribution in [0.2, 0.25) is 0 Å². The van der Waals surface area contributed by atoms with Crippen LogP contribution in [0, 0.1) is 0 Å². The number of carbonyl (C=O) groups excluding carboxylic acids is 1. The molecule has 2 heteroatoms. The summed E-state index contributed by atoms with van der Waals surface area (Å²) in [6, 6.07) is 0. The van der Waals surface area contributed by atoms with E-state index < -0.39 is 0 Å². The molecule has 0 heterocycles. The van der Waals surface area contributed by atoms with E-state index in [-0.39, 0.29) is 5.97 Å². The van der Waals surface area contributed by atoms with Gasteiger partial charge in [0.2, 0.25) is 0 Å². The molecule has 0 rings (SSSR count). The van der Waals surface area contributed by atoms with E-state index in [1.54, 1.807) is 0 Å². The summed E-state index contributed by atoms with van der Waals surface area (Å²) >= 11 is 0. The molecule has 0 amide bonds. The number of allylic oxidation sites excluding steroid dienone is 1. The van der Waals surface area contributed by atoms with Gasteiger partial charge in [0.25, 0.3) is 0 Å². The lowest BCUT2D eigenvalue weighted by atomic mass is 10.0. The fourth-order valence-corrected chi connectivity index (χ4v) is 3.40. The molecule has 2 nitrogen and oxygen atoms in total. The molecular formula is C25H48O2. The highest BCUT2D eigenvalue weighted by atomic mass is 16.5. The second-order valence-electron chi connectivity index (χ2n) is 8.12. The first-order valence-electron chi connectivity index (χ1n) is 12.1. The van der Waals surface area contributed by atoms with Gasteiger partial charge in [-0.25, -0.2) is 4.79 Å². The van der Waals surface area contributed by atoms with E-state index in [0.717, 1.165) is 18.4 Å². The zero-order chi connectivity index (χ0) is 20.0.